The van der Waals surface area contributed by atoms with Crippen LogP contribution >= 0.6 is 11.8 Å². The highest BCUT2D eigenvalue weighted by molar-refractivity contribution is 8.01. The highest BCUT2D eigenvalue weighted by atomic mass is 32.2. The molecule has 1 amide bonds. The lowest BCUT2D eigenvalue weighted by Gasteiger charge is -2.34. The molecule has 0 bridgehead atoms. The number of nitrogens with zero attached hydrogens (tertiary/aromatic N) is 1. The summed E-state index contributed by atoms with van der Waals surface area (Å²) in [4.78, 5) is 14.1. The standard InChI is InChI=1S/C14H20N2O3S2/c1-3-21(18,19)13-10-20-9-8-16(13)14(17)11-4-6-12(15-2)7-5-11/h4-7,13,15H,3,8-10H2,1-2H3. The average molecular weight is 328 g/mol. The number of thioether (sulfide) groups is 1. The largest absolute Gasteiger partial charge is 0.388 e. The van der Waals surface area contributed by atoms with Crippen molar-refractivity contribution in [2.45, 2.75) is 12.3 Å². The van der Waals surface area contributed by atoms with E-state index in [-0.39, 0.29) is 11.7 Å². The number of amides is 1. The van der Waals surface area contributed by atoms with Crippen molar-refractivity contribution in [3.63, 3.8) is 0 Å². The summed E-state index contributed by atoms with van der Waals surface area (Å²) in [6.45, 7) is 2.10. The fourth-order valence-corrected chi connectivity index (χ4v) is 5.21. The van der Waals surface area contributed by atoms with Crippen LogP contribution in [0.25, 0.3) is 0 Å². The van der Waals surface area contributed by atoms with Crippen molar-refractivity contribution >= 4 is 33.2 Å². The number of hydrogen-bond donors (Lipinski definition) is 1. The monoisotopic (exact) mass is 328 g/mol. The maximum absolute atomic E-state index is 12.6. The van der Waals surface area contributed by atoms with Crippen LogP contribution in [0.3, 0.4) is 0 Å². The average Bonchev–Trinajstić information content (AvgIpc) is 2.54. The summed E-state index contributed by atoms with van der Waals surface area (Å²) in [7, 11) is -1.46. The first-order valence-corrected chi connectivity index (χ1v) is 9.74. The van der Waals surface area contributed by atoms with E-state index in [1.807, 2.05) is 19.2 Å². The Labute approximate surface area is 130 Å². The number of benzene rings is 1. The number of carbonyl (C=O) groups excluding carboxylic acids is 1. The first-order valence-electron chi connectivity index (χ1n) is 6.87. The van der Waals surface area contributed by atoms with Crippen molar-refractivity contribution in [2.24, 2.45) is 0 Å². The molecule has 0 radical (unpaired) electrons. The van der Waals surface area contributed by atoms with Gasteiger partial charge in [0.25, 0.3) is 5.91 Å². The minimum absolute atomic E-state index is 0.0562. The molecule has 21 heavy (non-hydrogen) atoms. The van der Waals surface area contributed by atoms with Gasteiger partial charge in [0.2, 0.25) is 0 Å². The summed E-state index contributed by atoms with van der Waals surface area (Å²) in [5.74, 6) is 1.08. The lowest BCUT2D eigenvalue weighted by Crippen LogP contribution is -2.50. The van der Waals surface area contributed by atoms with E-state index in [0.717, 1.165) is 11.4 Å². The second kappa shape index (κ2) is 6.70. The molecular formula is C14H20N2O3S2. The summed E-state index contributed by atoms with van der Waals surface area (Å²) in [6.07, 6.45) is 0. The SMILES string of the molecule is CCS(=O)(=O)C1CSCCN1C(=O)c1ccc(NC)cc1. The van der Waals surface area contributed by atoms with E-state index in [2.05, 4.69) is 5.32 Å². The molecule has 7 heteroatoms. The third kappa shape index (κ3) is 3.52. The van der Waals surface area contributed by atoms with Crippen LogP contribution in [0.2, 0.25) is 0 Å². The normalized spacial score (nSPS) is 19.3. The Morgan fingerprint density at radius 1 is 1.38 bits per heavy atom. The fraction of sp³-hybridized carbons (Fsp3) is 0.500. The molecule has 1 aromatic carbocycles. The molecule has 116 valence electrons. The van der Waals surface area contributed by atoms with Gasteiger partial charge in [0.05, 0.1) is 0 Å². The van der Waals surface area contributed by atoms with Crippen LogP contribution in [-0.4, -0.2) is 55.4 Å². The minimum Gasteiger partial charge on any atom is -0.388 e. The minimum atomic E-state index is -3.26. The maximum Gasteiger partial charge on any atom is 0.254 e. The van der Waals surface area contributed by atoms with Crippen molar-refractivity contribution < 1.29 is 13.2 Å². The van der Waals surface area contributed by atoms with Crippen molar-refractivity contribution in [2.75, 3.05) is 36.2 Å². The van der Waals surface area contributed by atoms with Crippen molar-refractivity contribution in [3.05, 3.63) is 29.8 Å². The second-order valence-corrected chi connectivity index (χ2v) is 8.40. The summed E-state index contributed by atoms with van der Waals surface area (Å²) < 4.78 is 24.4. The van der Waals surface area contributed by atoms with E-state index in [1.165, 1.54) is 4.90 Å². The van der Waals surface area contributed by atoms with Crippen LogP contribution < -0.4 is 5.32 Å². The molecule has 1 saturated heterocycles. The van der Waals surface area contributed by atoms with Gasteiger partial charge in [-0.25, -0.2) is 8.42 Å². The Balaban J connectivity index is 2.26. The van der Waals surface area contributed by atoms with Crippen LogP contribution in [0, 0.1) is 0 Å². The van der Waals surface area contributed by atoms with Crippen molar-refractivity contribution in [3.8, 4) is 0 Å². The highest BCUT2D eigenvalue weighted by Gasteiger charge is 2.36. The van der Waals surface area contributed by atoms with Crippen LogP contribution in [-0.2, 0) is 9.84 Å². The molecule has 1 aliphatic heterocycles. The molecule has 1 atom stereocenters. The zero-order valence-electron chi connectivity index (χ0n) is 12.2. The molecule has 1 aliphatic rings. The molecule has 1 fully saturated rings. The molecule has 1 N–H and O–H groups in total. The van der Waals surface area contributed by atoms with E-state index in [1.54, 1.807) is 30.8 Å². The number of carbonyl (C=O) groups is 1. The lowest BCUT2D eigenvalue weighted by atomic mass is 10.2. The number of hydrogen-bond acceptors (Lipinski definition) is 5. The number of nitrogens with one attached hydrogen (secondary N) is 1. The lowest BCUT2D eigenvalue weighted by molar-refractivity contribution is 0.0749. The summed E-state index contributed by atoms with van der Waals surface area (Å²) >= 11 is 1.58. The Morgan fingerprint density at radius 2 is 2.05 bits per heavy atom. The quantitative estimate of drug-likeness (QED) is 0.911. The first-order chi connectivity index (χ1) is 9.99. The van der Waals surface area contributed by atoms with Crippen molar-refractivity contribution in [1.82, 2.24) is 4.90 Å². The third-order valence-electron chi connectivity index (χ3n) is 3.58. The van der Waals surface area contributed by atoms with E-state index < -0.39 is 15.2 Å². The van der Waals surface area contributed by atoms with Gasteiger partial charge < -0.3 is 10.2 Å². The molecular weight excluding hydrogens is 308 g/mol. The van der Waals surface area contributed by atoms with Gasteiger partial charge in [-0.2, -0.15) is 11.8 Å². The van der Waals surface area contributed by atoms with Gasteiger partial charge in [-0.05, 0) is 24.3 Å². The molecule has 2 rings (SSSR count). The summed E-state index contributed by atoms with van der Waals surface area (Å²) in [5.41, 5.74) is 1.44. The van der Waals surface area contributed by atoms with Gasteiger partial charge in [0, 0.05) is 42.1 Å². The van der Waals surface area contributed by atoms with E-state index in [0.29, 0.717) is 17.9 Å². The van der Waals surface area contributed by atoms with Crippen molar-refractivity contribution in [1.29, 1.82) is 0 Å². The Kier molecular flexibility index (Phi) is 5.16. The van der Waals surface area contributed by atoms with Crippen LogP contribution in [0.5, 0.6) is 0 Å². The Bertz CT molecular complexity index is 599. The summed E-state index contributed by atoms with van der Waals surface area (Å²) in [5, 5.41) is 2.28. The fourth-order valence-electron chi connectivity index (χ4n) is 2.25. The molecule has 1 unspecified atom stereocenters. The third-order valence-corrected chi connectivity index (χ3v) is 6.87. The van der Waals surface area contributed by atoms with Crippen LogP contribution in [0.15, 0.2) is 24.3 Å². The summed E-state index contributed by atoms with van der Waals surface area (Å²) in [6, 6.07) is 7.08. The van der Waals surface area contributed by atoms with Gasteiger partial charge in [-0.3, -0.25) is 4.79 Å². The van der Waals surface area contributed by atoms with E-state index in [9.17, 15) is 13.2 Å². The second-order valence-electron chi connectivity index (χ2n) is 4.81. The van der Waals surface area contributed by atoms with Gasteiger partial charge in [-0.15, -0.1) is 0 Å². The Morgan fingerprint density at radius 3 is 2.62 bits per heavy atom. The first kappa shape index (κ1) is 16.2. The number of anilines is 1. The van der Waals surface area contributed by atoms with E-state index >= 15 is 0 Å². The highest BCUT2D eigenvalue weighted by Crippen LogP contribution is 2.23. The van der Waals surface area contributed by atoms with Crippen LogP contribution in [0.1, 0.15) is 17.3 Å². The molecule has 0 aromatic heterocycles. The number of rotatable bonds is 4. The zero-order valence-corrected chi connectivity index (χ0v) is 13.8. The number of sulfone groups is 1. The smallest absolute Gasteiger partial charge is 0.254 e. The van der Waals surface area contributed by atoms with E-state index in [4.69, 9.17) is 0 Å². The van der Waals surface area contributed by atoms with Gasteiger partial charge >= 0.3 is 0 Å². The topological polar surface area (TPSA) is 66.5 Å². The van der Waals surface area contributed by atoms with Gasteiger partial charge in [0.1, 0.15) is 5.37 Å². The molecule has 0 aliphatic carbocycles. The molecule has 5 nitrogen and oxygen atoms in total. The Hall–Kier alpha value is -1.21. The van der Waals surface area contributed by atoms with Gasteiger partial charge in [-0.1, -0.05) is 6.92 Å². The van der Waals surface area contributed by atoms with Gasteiger partial charge in [0.15, 0.2) is 9.84 Å². The maximum atomic E-state index is 12.6. The predicted octanol–water partition coefficient (Wildman–Crippen LogP) is 1.68. The zero-order chi connectivity index (χ0) is 15.5. The molecule has 0 saturated carbocycles. The van der Waals surface area contributed by atoms with Crippen LogP contribution in [0.4, 0.5) is 5.69 Å². The molecule has 1 heterocycles. The molecule has 0 spiro atoms. The molecule has 1 aromatic rings. The predicted molar refractivity (Wildman–Crippen MR) is 87.6 cm³/mol.